The predicted molar refractivity (Wildman–Crippen MR) is 111 cm³/mol. The lowest BCUT2D eigenvalue weighted by molar-refractivity contribution is 0.0698. The van der Waals surface area contributed by atoms with E-state index in [2.05, 4.69) is 20.3 Å². The van der Waals surface area contributed by atoms with Crippen molar-refractivity contribution in [2.24, 2.45) is 0 Å². The van der Waals surface area contributed by atoms with Gasteiger partial charge in [-0.25, -0.2) is 19.2 Å². The first-order valence-electron chi connectivity index (χ1n) is 9.13. The van der Waals surface area contributed by atoms with Crippen LogP contribution in [0.5, 0.6) is 0 Å². The van der Waals surface area contributed by atoms with Gasteiger partial charge in [-0.05, 0) is 43.2 Å². The summed E-state index contributed by atoms with van der Waals surface area (Å²) in [6, 6.07) is 9.50. The number of carboxylic acids is 1. The van der Waals surface area contributed by atoms with E-state index in [0.717, 1.165) is 5.56 Å². The number of nitrogens with zero attached hydrogens (tertiary/aromatic N) is 2. The van der Waals surface area contributed by atoms with Gasteiger partial charge in [-0.15, -0.1) is 11.3 Å². The number of aromatic carboxylic acids is 1. The van der Waals surface area contributed by atoms with Crippen LogP contribution in [0.3, 0.4) is 0 Å². The molecule has 152 valence electrons. The molecule has 7 nitrogen and oxygen atoms in total. The fraction of sp³-hybridized carbons (Fsp3) is 0.143. The molecule has 0 saturated carbocycles. The van der Waals surface area contributed by atoms with E-state index in [1.165, 1.54) is 35.9 Å². The maximum atomic E-state index is 13.0. The van der Waals surface area contributed by atoms with Crippen LogP contribution < -0.4 is 5.32 Å². The predicted octanol–water partition coefficient (Wildman–Crippen LogP) is 3.88. The second-order valence-electron chi connectivity index (χ2n) is 6.83. The second-order valence-corrected chi connectivity index (χ2v) is 7.91. The topological polar surface area (TPSA) is 108 Å². The molecule has 0 aliphatic rings. The van der Waals surface area contributed by atoms with Gasteiger partial charge in [-0.1, -0.05) is 12.1 Å². The maximum absolute atomic E-state index is 13.0. The lowest BCUT2D eigenvalue weighted by atomic mass is 10.1. The van der Waals surface area contributed by atoms with Gasteiger partial charge in [0.2, 0.25) is 0 Å². The van der Waals surface area contributed by atoms with Gasteiger partial charge in [0.25, 0.3) is 5.91 Å². The van der Waals surface area contributed by atoms with E-state index in [1.54, 1.807) is 24.3 Å². The van der Waals surface area contributed by atoms with E-state index in [0.29, 0.717) is 27.5 Å². The van der Waals surface area contributed by atoms with Crippen LogP contribution in [-0.2, 0) is 6.42 Å². The van der Waals surface area contributed by atoms with Crippen LogP contribution in [0.2, 0.25) is 0 Å². The number of carboxylic acid groups (broad SMARTS) is 1. The molecule has 1 atom stereocenters. The minimum absolute atomic E-state index is 0.0449. The molecule has 0 bridgehead atoms. The van der Waals surface area contributed by atoms with Gasteiger partial charge in [0.1, 0.15) is 16.9 Å². The number of amides is 1. The molecule has 0 fully saturated rings. The van der Waals surface area contributed by atoms with Crippen LogP contribution >= 0.6 is 11.3 Å². The number of carbonyl (C=O) groups is 2. The number of thiophene rings is 1. The fourth-order valence-corrected chi connectivity index (χ4v) is 3.95. The van der Waals surface area contributed by atoms with Gasteiger partial charge in [-0.2, -0.15) is 0 Å². The van der Waals surface area contributed by atoms with Crippen LogP contribution in [0.15, 0.2) is 48.8 Å². The molecule has 0 saturated heterocycles. The van der Waals surface area contributed by atoms with E-state index < -0.39 is 5.97 Å². The lowest BCUT2D eigenvalue weighted by Crippen LogP contribution is -2.33. The molecule has 3 heterocycles. The Labute approximate surface area is 174 Å². The van der Waals surface area contributed by atoms with Crippen molar-refractivity contribution in [1.29, 1.82) is 0 Å². The molecule has 3 N–H and O–H groups in total. The summed E-state index contributed by atoms with van der Waals surface area (Å²) in [6.45, 7) is 1.88. The number of fused-ring (bicyclic) bond motifs is 1. The minimum atomic E-state index is -1.09. The van der Waals surface area contributed by atoms with Crippen LogP contribution in [0.4, 0.5) is 4.39 Å². The van der Waals surface area contributed by atoms with Crippen molar-refractivity contribution in [1.82, 2.24) is 20.3 Å². The quantitative estimate of drug-likeness (QED) is 0.435. The second kappa shape index (κ2) is 8.03. The first-order valence-corrected chi connectivity index (χ1v) is 9.95. The normalized spacial score (nSPS) is 12.1. The molecule has 1 unspecified atom stereocenters. The van der Waals surface area contributed by atoms with Crippen molar-refractivity contribution in [3.8, 4) is 10.6 Å². The zero-order valence-corrected chi connectivity index (χ0v) is 16.7. The standard InChI is InChI=1S/C21H17FN4O3S/c1-11(8-12-2-4-13(22)5-3-12)25-20(27)17-7-6-16(30-17)15-10-24-19-18(26-15)14(9-23-19)21(28)29/h2-7,9-11H,8H2,1H3,(H,23,24)(H,25,27)(H,28,29). The molecular weight excluding hydrogens is 407 g/mol. The molecule has 4 aromatic rings. The molecule has 3 aromatic heterocycles. The van der Waals surface area contributed by atoms with Crippen molar-refractivity contribution in [3.05, 3.63) is 70.6 Å². The first kappa shape index (κ1) is 19.7. The monoisotopic (exact) mass is 424 g/mol. The van der Waals surface area contributed by atoms with Gasteiger partial charge in [0.05, 0.1) is 21.6 Å². The summed E-state index contributed by atoms with van der Waals surface area (Å²) in [5.41, 5.74) is 2.13. The number of halogens is 1. The maximum Gasteiger partial charge on any atom is 0.339 e. The number of benzene rings is 1. The molecule has 1 aromatic carbocycles. The van der Waals surface area contributed by atoms with Crippen LogP contribution in [-0.4, -0.2) is 38.0 Å². The average Bonchev–Trinajstić information content (AvgIpc) is 3.36. The van der Waals surface area contributed by atoms with Crippen molar-refractivity contribution >= 4 is 34.4 Å². The molecule has 0 radical (unpaired) electrons. The fourth-order valence-electron chi connectivity index (χ4n) is 3.09. The Balaban J connectivity index is 1.48. The van der Waals surface area contributed by atoms with Crippen molar-refractivity contribution in [2.75, 3.05) is 0 Å². The van der Waals surface area contributed by atoms with Crippen LogP contribution in [0.1, 0.15) is 32.5 Å². The van der Waals surface area contributed by atoms with Gasteiger partial charge in [0, 0.05) is 12.2 Å². The summed E-state index contributed by atoms with van der Waals surface area (Å²) in [7, 11) is 0. The molecule has 9 heteroatoms. The Morgan fingerprint density at radius 1 is 1.23 bits per heavy atom. The zero-order valence-electron chi connectivity index (χ0n) is 15.8. The third-order valence-electron chi connectivity index (χ3n) is 4.53. The Morgan fingerprint density at radius 3 is 2.73 bits per heavy atom. The van der Waals surface area contributed by atoms with Crippen molar-refractivity contribution in [2.45, 2.75) is 19.4 Å². The van der Waals surface area contributed by atoms with E-state index in [-0.39, 0.29) is 28.8 Å². The van der Waals surface area contributed by atoms with Gasteiger partial charge >= 0.3 is 5.97 Å². The Morgan fingerprint density at radius 2 is 2.00 bits per heavy atom. The average molecular weight is 424 g/mol. The Hall–Kier alpha value is -3.59. The number of H-pyrrole nitrogens is 1. The summed E-state index contributed by atoms with van der Waals surface area (Å²) < 4.78 is 13.0. The molecule has 0 aliphatic carbocycles. The van der Waals surface area contributed by atoms with Crippen molar-refractivity contribution in [3.63, 3.8) is 0 Å². The largest absolute Gasteiger partial charge is 0.478 e. The van der Waals surface area contributed by atoms with E-state index >= 15 is 0 Å². The number of hydrogen-bond donors (Lipinski definition) is 3. The highest BCUT2D eigenvalue weighted by Gasteiger charge is 2.17. The Kier molecular flexibility index (Phi) is 5.28. The molecule has 4 rings (SSSR count). The molecule has 1 amide bonds. The third kappa shape index (κ3) is 4.06. The van der Waals surface area contributed by atoms with Gasteiger partial charge in [-0.3, -0.25) is 4.79 Å². The highest BCUT2D eigenvalue weighted by atomic mass is 32.1. The van der Waals surface area contributed by atoms with E-state index in [4.69, 9.17) is 0 Å². The van der Waals surface area contributed by atoms with Crippen molar-refractivity contribution < 1.29 is 19.1 Å². The minimum Gasteiger partial charge on any atom is -0.478 e. The van der Waals surface area contributed by atoms with Crippen LogP contribution in [0.25, 0.3) is 21.7 Å². The smallest absolute Gasteiger partial charge is 0.339 e. The number of rotatable bonds is 6. The summed E-state index contributed by atoms with van der Waals surface area (Å²) in [4.78, 5) is 36.5. The summed E-state index contributed by atoms with van der Waals surface area (Å²) in [6.07, 6.45) is 3.47. The number of hydrogen-bond acceptors (Lipinski definition) is 5. The Bertz CT molecular complexity index is 1230. The molecule has 0 aliphatic heterocycles. The number of carbonyl (C=O) groups excluding carboxylic acids is 1. The number of nitrogens with one attached hydrogen (secondary N) is 2. The highest BCUT2D eigenvalue weighted by molar-refractivity contribution is 7.17. The number of aromatic nitrogens is 3. The summed E-state index contributed by atoms with van der Waals surface area (Å²) >= 11 is 1.25. The SMILES string of the molecule is CC(Cc1ccc(F)cc1)NC(=O)c1ccc(-c2cnc3[nH]cc(C(=O)O)c3n2)s1. The third-order valence-corrected chi connectivity index (χ3v) is 5.63. The molecule has 0 spiro atoms. The lowest BCUT2D eigenvalue weighted by Gasteiger charge is -2.13. The van der Waals surface area contributed by atoms with Gasteiger partial charge in [0.15, 0.2) is 5.65 Å². The molecular formula is C21H17FN4O3S. The van der Waals surface area contributed by atoms with E-state index in [9.17, 15) is 19.1 Å². The highest BCUT2D eigenvalue weighted by Crippen LogP contribution is 2.28. The van der Waals surface area contributed by atoms with E-state index in [1.807, 2.05) is 6.92 Å². The zero-order chi connectivity index (χ0) is 21.3. The number of aromatic amines is 1. The first-order chi connectivity index (χ1) is 14.4. The van der Waals surface area contributed by atoms with Gasteiger partial charge < -0.3 is 15.4 Å². The molecule has 30 heavy (non-hydrogen) atoms. The summed E-state index contributed by atoms with van der Waals surface area (Å²) in [5, 5.41) is 12.2. The summed E-state index contributed by atoms with van der Waals surface area (Å²) in [5.74, 6) is -1.60. The van der Waals surface area contributed by atoms with Crippen LogP contribution in [0, 0.1) is 5.82 Å².